The average Bonchev–Trinajstić information content (AvgIpc) is 3.79. The molecule has 248 valence electrons. The molecule has 2 heteroatoms. The predicted molar refractivity (Wildman–Crippen MR) is 225 cm³/mol. The fourth-order valence-electron chi connectivity index (χ4n) is 9.84. The predicted octanol–water partition coefficient (Wildman–Crippen LogP) is 13.6. The molecule has 1 aliphatic rings. The summed E-state index contributed by atoms with van der Waals surface area (Å²) in [5.41, 5.74) is 12.6. The summed E-state index contributed by atoms with van der Waals surface area (Å²) in [4.78, 5) is 0. The molecule has 0 atom stereocenters. The van der Waals surface area contributed by atoms with E-state index < -0.39 is 0 Å². The largest absolute Gasteiger partial charge is 0.309 e. The highest BCUT2D eigenvalue weighted by Gasteiger charge is 2.36. The van der Waals surface area contributed by atoms with Crippen LogP contribution in [0, 0.1) is 0 Å². The van der Waals surface area contributed by atoms with Crippen LogP contribution in [0.3, 0.4) is 0 Å². The first-order valence-electron chi connectivity index (χ1n) is 18.6. The second-order valence-corrected chi connectivity index (χ2v) is 15.3. The van der Waals surface area contributed by atoms with Gasteiger partial charge in [-0.3, -0.25) is 0 Å². The number of aromatic nitrogens is 2. The van der Waals surface area contributed by atoms with Crippen LogP contribution in [-0.4, -0.2) is 9.13 Å². The molecule has 0 spiro atoms. The minimum atomic E-state index is -0.0983. The molecule has 53 heavy (non-hydrogen) atoms. The van der Waals surface area contributed by atoms with Gasteiger partial charge in [0.1, 0.15) is 0 Å². The van der Waals surface area contributed by atoms with Gasteiger partial charge in [0.25, 0.3) is 0 Å². The van der Waals surface area contributed by atoms with Crippen molar-refractivity contribution in [3.63, 3.8) is 0 Å². The number of fused-ring (bicyclic) bond motifs is 15. The van der Waals surface area contributed by atoms with Crippen molar-refractivity contribution in [3.05, 3.63) is 181 Å². The van der Waals surface area contributed by atoms with Crippen LogP contribution < -0.4 is 0 Å². The van der Waals surface area contributed by atoms with Crippen LogP contribution in [0.15, 0.2) is 170 Å². The Labute approximate surface area is 306 Å². The lowest BCUT2D eigenvalue weighted by Gasteiger charge is -2.21. The van der Waals surface area contributed by atoms with Crippen LogP contribution in [0.25, 0.3) is 98.4 Å². The molecule has 0 aliphatic heterocycles. The third kappa shape index (κ3) is 3.77. The molecule has 0 unspecified atom stereocenters. The van der Waals surface area contributed by atoms with Gasteiger partial charge in [-0.1, -0.05) is 123 Å². The van der Waals surface area contributed by atoms with E-state index in [1.54, 1.807) is 0 Å². The third-order valence-corrected chi connectivity index (χ3v) is 12.3. The van der Waals surface area contributed by atoms with E-state index in [0.29, 0.717) is 0 Å². The Balaban J connectivity index is 1.18. The maximum atomic E-state index is 2.52. The van der Waals surface area contributed by atoms with E-state index in [1.165, 1.54) is 98.2 Å². The lowest BCUT2D eigenvalue weighted by atomic mass is 9.82. The van der Waals surface area contributed by atoms with Crippen molar-refractivity contribution in [2.45, 2.75) is 19.3 Å². The van der Waals surface area contributed by atoms with E-state index >= 15 is 0 Å². The van der Waals surface area contributed by atoms with Gasteiger partial charge in [-0.2, -0.15) is 0 Å². The summed E-state index contributed by atoms with van der Waals surface area (Å²) in [7, 11) is 0. The molecule has 0 fully saturated rings. The Bertz CT molecular complexity index is 3300. The molecule has 12 rings (SSSR count). The van der Waals surface area contributed by atoms with Crippen molar-refractivity contribution >= 4 is 75.9 Å². The van der Waals surface area contributed by atoms with Gasteiger partial charge in [0.05, 0.1) is 22.1 Å². The van der Waals surface area contributed by atoms with Crippen LogP contribution in [0.1, 0.15) is 25.0 Å². The Hall–Kier alpha value is -6.64. The summed E-state index contributed by atoms with van der Waals surface area (Å²) in [6, 6.07) is 63.4. The number of rotatable bonds is 2. The van der Waals surface area contributed by atoms with Gasteiger partial charge < -0.3 is 9.13 Å². The zero-order chi connectivity index (χ0) is 35.0. The van der Waals surface area contributed by atoms with Crippen molar-refractivity contribution in [2.75, 3.05) is 0 Å². The number of para-hydroxylation sites is 2. The monoisotopic (exact) mass is 674 g/mol. The van der Waals surface area contributed by atoms with Gasteiger partial charge in [-0.05, 0) is 115 Å². The van der Waals surface area contributed by atoms with Crippen molar-refractivity contribution in [2.24, 2.45) is 0 Å². The SMILES string of the molecule is CC1(C)c2ccccc2-c2cc3c4cc5c6ccccc6c6ccccc6c5cc4n(-c4ccc(-n5c6ccccc6c6ccccc65)cc4)c3cc21. The average molecular weight is 675 g/mol. The lowest BCUT2D eigenvalue weighted by molar-refractivity contribution is 0.661. The second-order valence-electron chi connectivity index (χ2n) is 15.3. The van der Waals surface area contributed by atoms with Gasteiger partial charge in [0.15, 0.2) is 0 Å². The van der Waals surface area contributed by atoms with E-state index in [-0.39, 0.29) is 5.41 Å². The molecular weight excluding hydrogens is 641 g/mol. The summed E-state index contributed by atoms with van der Waals surface area (Å²) in [5, 5.41) is 12.9. The van der Waals surface area contributed by atoms with Crippen LogP contribution in [0.4, 0.5) is 0 Å². The summed E-state index contributed by atoms with van der Waals surface area (Å²) in [5.74, 6) is 0. The summed E-state index contributed by atoms with van der Waals surface area (Å²) in [6.07, 6.45) is 0. The van der Waals surface area contributed by atoms with Crippen molar-refractivity contribution in [3.8, 4) is 22.5 Å². The molecular formula is C51H34N2. The first-order chi connectivity index (χ1) is 26.1. The molecule has 0 bridgehead atoms. The van der Waals surface area contributed by atoms with Crippen LogP contribution in [-0.2, 0) is 5.41 Å². The van der Waals surface area contributed by atoms with Gasteiger partial charge in [0, 0.05) is 38.3 Å². The highest BCUT2D eigenvalue weighted by atomic mass is 15.0. The number of nitrogens with zero attached hydrogens (tertiary/aromatic N) is 2. The van der Waals surface area contributed by atoms with Crippen molar-refractivity contribution < 1.29 is 0 Å². The standard InChI is InChI=1S/C51H34N2/c1-51(2)45-20-10-7-17-37(45)42-28-44-43-27-40-35-15-5-3-13-33(35)34-14-4-6-16-36(34)41(40)29-49(43)53(50(44)30-46(42)51)32-25-23-31(24-26-32)52-47-21-11-8-18-38(47)39-19-9-12-22-48(39)52/h3-30H,1-2H3. The number of benzene rings is 9. The zero-order valence-electron chi connectivity index (χ0n) is 29.6. The van der Waals surface area contributed by atoms with Crippen LogP contribution >= 0.6 is 0 Å². The van der Waals surface area contributed by atoms with Gasteiger partial charge in [-0.15, -0.1) is 0 Å². The molecule has 0 amide bonds. The van der Waals surface area contributed by atoms with E-state index in [1.807, 2.05) is 0 Å². The lowest BCUT2D eigenvalue weighted by Crippen LogP contribution is -2.14. The Morgan fingerprint density at radius 3 is 1.34 bits per heavy atom. The first kappa shape index (κ1) is 29.0. The molecule has 2 aromatic heterocycles. The second kappa shape index (κ2) is 10.2. The van der Waals surface area contributed by atoms with E-state index in [9.17, 15) is 0 Å². The number of hydrogen-bond donors (Lipinski definition) is 0. The highest BCUT2D eigenvalue weighted by molar-refractivity contribution is 6.29. The fourth-order valence-corrected chi connectivity index (χ4v) is 9.84. The molecule has 9 aromatic carbocycles. The van der Waals surface area contributed by atoms with Gasteiger partial charge >= 0.3 is 0 Å². The minimum absolute atomic E-state index is 0.0983. The Morgan fingerprint density at radius 2 is 0.736 bits per heavy atom. The maximum Gasteiger partial charge on any atom is 0.0547 e. The van der Waals surface area contributed by atoms with Gasteiger partial charge in [0.2, 0.25) is 0 Å². The van der Waals surface area contributed by atoms with Crippen molar-refractivity contribution in [1.29, 1.82) is 0 Å². The van der Waals surface area contributed by atoms with Crippen molar-refractivity contribution in [1.82, 2.24) is 9.13 Å². The molecule has 0 saturated carbocycles. The topological polar surface area (TPSA) is 9.86 Å². The molecule has 0 N–H and O–H groups in total. The van der Waals surface area contributed by atoms with E-state index in [4.69, 9.17) is 0 Å². The quantitative estimate of drug-likeness (QED) is 0.162. The molecule has 0 saturated heterocycles. The molecule has 0 radical (unpaired) electrons. The third-order valence-electron chi connectivity index (χ3n) is 12.3. The maximum absolute atomic E-state index is 2.52. The summed E-state index contributed by atoms with van der Waals surface area (Å²) < 4.78 is 4.92. The fraction of sp³-hybridized carbons (Fsp3) is 0.0588. The number of hydrogen-bond acceptors (Lipinski definition) is 0. The molecule has 2 nitrogen and oxygen atoms in total. The van der Waals surface area contributed by atoms with Crippen LogP contribution in [0.2, 0.25) is 0 Å². The normalized spacial score (nSPS) is 13.6. The smallest absolute Gasteiger partial charge is 0.0547 e. The minimum Gasteiger partial charge on any atom is -0.309 e. The first-order valence-corrected chi connectivity index (χ1v) is 18.6. The zero-order valence-corrected chi connectivity index (χ0v) is 29.6. The highest BCUT2D eigenvalue weighted by Crippen LogP contribution is 2.51. The molecule has 1 aliphatic carbocycles. The van der Waals surface area contributed by atoms with E-state index in [2.05, 4.69) is 193 Å². The van der Waals surface area contributed by atoms with Gasteiger partial charge in [-0.25, -0.2) is 0 Å². The Kier molecular flexibility index (Phi) is 5.60. The molecule has 11 aromatic rings. The summed E-state index contributed by atoms with van der Waals surface area (Å²) >= 11 is 0. The molecule has 2 heterocycles. The van der Waals surface area contributed by atoms with Crippen LogP contribution in [0.5, 0.6) is 0 Å². The Morgan fingerprint density at radius 1 is 0.302 bits per heavy atom. The van der Waals surface area contributed by atoms with E-state index in [0.717, 1.165) is 11.4 Å². The summed E-state index contributed by atoms with van der Waals surface area (Å²) in [6.45, 7) is 4.76.